The number of rotatable bonds is 9. The Bertz CT molecular complexity index is 267. The van der Waals surface area contributed by atoms with Crippen molar-refractivity contribution in [1.29, 1.82) is 0 Å². The van der Waals surface area contributed by atoms with E-state index in [2.05, 4.69) is 27.7 Å². The molecule has 0 fully saturated rings. The minimum absolute atomic E-state index is 0.447. The van der Waals surface area contributed by atoms with Crippen molar-refractivity contribution in [3.8, 4) is 0 Å². The predicted octanol–water partition coefficient (Wildman–Crippen LogP) is 1.43. The molecule has 1 N–H and O–H groups in total. The van der Waals surface area contributed by atoms with Crippen molar-refractivity contribution in [2.45, 2.75) is 47.0 Å². The van der Waals surface area contributed by atoms with Crippen molar-refractivity contribution < 1.29 is 24.3 Å². The number of hydrogen-bond donors (Lipinski definition) is 1. The van der Waals surface area contributed by atoms with Crippen LogP contribution in [0.3, 0.4) is 0 Å². The second kappa shape index (κ2) is 12.7. The second-order valence-corrected chi connectivity index (χ2v) is 4.82. The van der Waals surface area contributed by atoms with E-state index in [-0.39, 0.29) is 0 Å². The summed E-state index contributed by atoms with van der Waals surface area (Å²) in [4.78, 5) is 19.0. The zero-order valence-corrected chi connectivity index (χ0v) is 13.2. The normalized spacial score (nSPS) is 11.0. The molecular formula is C15H29NO4. The van der Waals surface area contributed by atoms with Gasteiger partial charge in [-0.25, -0.2) is 4.79 Å². The average Bonchev–Trinajstić information content (AvgIpc) is 2.38. The Morgan fingerprint density at radius 2 is 1.35 bits per heavy atom. The van der Waals surface area contributed by atoms with E-state index in [9.17, 15) is 14.7 Å². The third-order valence-electron chi connectivity index (χ3n) is 3.13. The van der Waals surface area contributed by atoms with Crippen LogP contribution in [-0.4, -0.2) is 47.7 Å². The fourth-order valence-corrected chi connectivity index (χ4v) is 2.37. The first kappa shape index (κ1) is 20.9. The summed E-state index contributed by atoms with van der Waals surface area (Å²) in [7, 11) is 0. The summed E-state index contributed by atoms with van der Waals surface area (Å²) in [5, 5.41) is 17.2. The molecule has 0 unspecified atom stereocenters. The molecule has 0 bridgehead atoms. The predicted molar refractivity (Wildman–Crippen MR) is 78.1 cm³/mol. The molecule has 0 aliphatic carbocycles. The first-order valence-electron chi connectivity index (χ1n) is 7.34. The van der Waals surface area contributed by atoms with E-state index in [1.807, 2.05) is 0 Å². The number of carbonyl (C=O) groups is 2. The lowest BCUT2D eigenvalue weighted by Crippen LogP contribution is -2.49. The number of carboxylic acids is 2. The number of carboxylic acid groups (broad SMARTS) is 2. The number of aliphatic carboxylic acids is 2. The van der Waals surface area contributed by atoms with Crippen LogP contribution in [0.25, 0.3) is 0 Å². The summed E-state index contributed by atoms with van der Waals surface area (Å²) >= 11 is 0. The van der Waals surface area contributed by atoms with Gasteiger partial charge in [0.25, 0.3) is 0 Å². The Morgan fingerprint density at radius 1 is 0.950 bits per heavy atom. The molecule has 0 aliphatic rings. The van der Waals surface area contributed by atoms with Crippen LogP contribution in [0.2, 0.25) is 0 Å². The number of quaternary nitrogens is 1. The standard InChI is InChI=1S/C11H26N.C4H4O4/c1-5-9-12(8-4,10-6-2)11-7-3;5-3(6)1-2-4(7)8/h5-11H2,1-4H3;1-2H,(H,5,6)(H,7,8)/q+1;/p-1/b;2-1+. The lowest BCUT2D eigenvalue weighted by molar-refractivity contribution is -0.926. The van der Waals surface area contributed by atoms with Crippen LogP contribution in [0.5, 0.6) is 0 Å². The molecular weight excluding hydrogens is 258 g/mol. The van der Waals surface area contributed by atoms with Crippen molar-refractivity contribution in [2.24, 2.45) is 0 Å². The number of carbonyl (C=O) groups excluding carboxylic acids is 1. The van der Waals surface area contributed by atoms with Crippen molar-refractivity contribution >= 4 is 11.9 Å². The molecule has 0 aromatic heterocycles. The van der Waals surface area contributed by atoms with Gasteiger partial charge in [-0.2, -0.15) is 0 Å². The van der Waals surface area contributed by atoms with Crippen molar-refractivity contribution in [3.05, 3.63) is 12.2 Å². The molecule has 20 heavy (non-hydrogen) atoms. The molecule has 0 aromatic rings. The fraction of sp³-hybridized carbons (Fsp3) is 0.733. The van der Waals surface area contributed by atoms with E-state index in [1.54, 1.807) is 0 Å². The average molecular weight is 287 g/mol. The molecule has 0 atom stereocenters. The van der Waals surface area contributed by atoms with Gasteiger partial charge in [0.05, 0.1) is 32.1 Å². The van der Waals surface area contributed by atoms with Crippen LogP contribution in [0.4, 0.5) is 0 Å². The van der Waals surface area contributed by atoms with E-state index in [4.69, 9.17) is 5.11 Å². The summed E-state index contributed by atoms with van der Waals surface area (Å²) in [6.07, 6.45) is 4.92. The highest BCUT2D eigenvalue weighted by Crippen LogP contribution is 2.10. The minimum Gasteiger partial charge on any atom is -0.545 e. The monoisotopic (exact) mass is 287 g/mol. The van der Waals surface area contributed by atoms with E-state index in [1.165, 1.54) is 49.9 Å². The maximum absolute atomic E-state index is 9.53. The first-order valence-corrected chi connectivity index (χ1v) is 7.34. The molecule has 0 radical (unpaired) electrons. The van der Waals surface area contributed by atoms with Gasteiger partial charge in [-0.1, -0.05) is 20.8 Å². The summed E-state index contributed by atoms with van der Waals surface area (Å²) in [5.41, 5.74) is 0. The first-order chi connectivity index (χ1) is 9.37. The Hall–Kier alpha value is -1.36. The Labute approximate surface area is 122 Å². The molecule has 0 aromatic carbocycles. The maximum atomic E-state index is 9.53. The molecule has 5 nitrogen and oxygen atoms in total. The van der Waals surface area contributed by atoms with Crippen LogP contribution in [0.1, 0.15) is 47.0 Å². The zero-order valence-electron chi connectivity index (χ0n) is 13.2. The summed E-state index contributed by atoms with van der Waals surface area (Å²) in [6.45, 7) is 14.7. The molecule has 118 valence electrons. The largest absolute Gasteiger partial charge is 0.545 e. The van der Waals surface area contributed by atoms with Crippen LogP contribution >= 0.6 is 0 Å². The smallest absolute Gasteiger partial charge is 0.328 e. The van der Waals surface area contributed by atoms with E-state index < -0.39 is 11.9 Å². The highest BCUT2D eigenvalue weighted by molar-refractivity contribution is 5.88. The lowest BCUT2D eigenvalue weighted by Gasteiger charge is -2.37. The van der Waals surface area contributed by atoms with Crippen LogP contribution in [-0.2, 0) is 9.59 Å². The van der Waals surface area contributed by atoms with Gasteiger partial charge in [0.15, 0.2) is 0 Å². The molecule has 0 saturated carbocycles. The topological polar surface area (TPSA) is 77.4 Å². The van der Waals surface area contributed by atoms with Gasteiger partial charge < -0.3 is 19.5 Å². The third-order valence-corrected chi connectivity index (χ3v) is 3.13. The zero-order chi connectivity index (χ0) is 16.0. The molecule has 0 rings (SSSR count). The quantitative estimate of drug-likeness (QED) is 0.514. The van der Waals surface area contributed by atoms with Crippen molar-refractivity contribution in [2.75, 3.05) is 26.2 Å². The molecule has 0 spiro atoms. The van der Waals surface area contributed by atoms with Crippen LogP contribution in [0.15, 0.2) is 12.2 Å². The summed E-state index contributed by atoms with van der Waals surface area (Å²) in [5.74, 6) is -2.80. The van der Waals surface area contributed by atoms with E-state index in [0.717, 1.165) is 0 Å². The van der Waals surface area contributed by atoms with Crippen LogP contribution in [0, 0.1) is 0 Å². The van der Waals surface area contributed by atoms with Crippen LogP contribution < -0.4 is 5.11 Å². The highest BCUT2D eigenvalue weighted by atomic mass is 16.4. The van der Waals surface area contributed by atoms with Gasteiger partial charge >= 0.3 is 5.97 Å². The molecule has 0 saturated heterocycles. The Balaban J connectivity index is 0. The van der Waals surface area contributed by atoms with Gasteiger partial charge in [-0.05, 0) is 32.3 Å². The molecule has 0 heterocycles. The van der Waals surface area contributed by atoms with Crippen molar-refractivity contribution in [3.63, 3.8) is 0 Å². The summed E-state index contributed by atoms with van der Waals surface area (Å²) in [6, 6.07) is 0. The van der Waals surface area contributed by atoms with Gasteiger partial charge in [0.1, 0.15) is 0 Å². The fourth-order valence-electron chi connectivity index (χ4n) is 2.37. The van der Waals surface area contributed by atoms with E-state index >= 15 is 0 Å². The number of hydrogen-bond acceptors (Lipinski definition) is 3. The maximum Gasteiger partial charge on any atom is 0.328 e. The van der Waals surface area contributed by atoms with Gasteiger partial charge in [-0.3, -0.25) is 0 Å². The minimum atomic E-state index is -1.51. The lowest BCUT2D eigenvalue weighted by atomic mass is 10.2. The molecule has 0 amide bonds. The second-order valence-electron chi connectivity index (χ2n) is 4.82. The number of nitrogens with zero attached hydrogens (tertiary/aromatic N) is 1. The Morgan fingerprint density at radius 3 is 1.50 bits per heavy atom. The van der Waals surface area contributed by atoms with Gasteiger partial charge in [0.2, 0.25) is 0 Å². The third kappa shape index (κ3) is 11.7. The van der Waals surface area contributed by atoms with Gasteiger partial charge in [-0.15, -0.1) is 0 Å². The Kier molecular flexibility index (Phi) is 13.3. The SMILES string of the molecule is CCC[N+](CC)(CCC)CCC.O=C([O-])/C=C/C(=O)O. The van der Waals surface area contributed by atoms with E-state index in [0.29, 0.717) is 12.2 Å². The van der Waals surface area contributed by atoms with Gasteiger partial charge in [0, 0.05) is 6.08 Å². The molecule has 0 aliphatic heterocycles. The molecule has 5 heteroatoms. The highest BCUT2D eigenvalue weighted by Gasteiger charge is 2.21. The van der Waals surface area contributed by atoms with Crippen molar-refractivity contribution in [1.82, 2.24) is 0 Å². The summed E-state index contributed by atoms with van der Waals surface area (Å²) < 4.78 is 1.35.